The molecule has 1 aromatic carbocycles. The number of carbonyl (C=O) groups excluding carboxylic acids is 1. The molecule has 4 heteroatoms. The maximum Gasteiger partial charge on any atom is 0.251 e. The molecule has 0 heterocycles. The van der Waals surface area contributed by atoms with Gasteiger partial charge in [-0.15, -0.1) is 0 Å². The molecule has 1 saturated carbocycles. The van der Waals surface area contributed by atoms with Gasteiger partial charge in [0, 0.05) is 24.1 Å². The summed E-state index contributed by atoms with van der Waals surface area (Å²) in [6.07, 6.45) is 3.86. The van der Waals surface area contributed by atoms with Crippen LogP contribution in [0.3, 0.4) is 0 Å². The van der Waals surface area contributed by atoms with Gasteiger partial charge >= 0.3 is 0 Å². The number of carbonyl (C=O) groups is 1. The summed E-state index contributed by atoms with van der Waals surface area (Å²) in [7, 11) is 0. The molecule has 0 aromatic heterocycles. The molecule has 2 atom stereocenters. The molecule has 1 aliphatic carbocycles. The maximum atomic E-state index is 12.1. The van der Waals surface area contributed by atoms with Crippen molar-refractivity contribution in [1.82, 2.24) is 5.32 Å². The monoisotopic (exact) mass is 262 g/mol. The van der Waals surface area contributed by atoms with Gasteiger partial charge < -0.3 is 16.2 Å². The van der Waals surface area contributed by atoms with Gasteiger partial charge in [0.15, 0.2) is 0 Å². The van der Waals surface area contributed by atoms with E-state index < -0.39 is 0 Å². The molecule has 1 aliphatic rings. The van der Waals surface area contributed by atoms with E-state index in [0.29, 0.717) is 12.1 Å². The molecular weight excluding hydrogens is 240 g/mol. The highest BCUT2D eigenvalue weighted by Crippen LogP contribution is 2.25. The van der Waals surface area contributed by atoms with Gasteiger partial charge in [-0.3, -0.25) is 4.79 Å². The predicted octanol–water partition coefficient (Wildman–Crippen LogP) is 1.08. The summed E-state index contributed by atoms with van der Waals surface area (Å²) in [5.41, 5.74) is 7.31. The third-order valence-electron chi connectivity index (χ3n) is 3.86. The van der Waals surface area contributed by atoms with Gasteiger partial charge in [-0.1, -0.05) is 18.6 Å². The van der Waals surface area contributed by atoms with Crippen molar-refractivity contribution >= 4 is 5.91 Å². The minimum absolute atomic E-state index is 0.0513. The molecule has 2 rings (SSSR count). The normalized spacial score (nSPS) is 22.4. The highest BCUT2D eigenvalue weighted by atomic mass is 16.3. The van der Waals surface area contributed by atoms with Crippen LogP contribution in [0.4, 0.5) is 0 Å². The molecular formula is C15H22N2O2. The number of hydrogen-bond donors (Lipinski definition) is 3. The van der Waals surface area contributed by atoms with E-state index in [-0.39, 0.29) is 24.5 Å². The average molecular weight is 262 g/mol. The highest BCUT2D eigenvalue weighted by Gasteiger charge is 2.27. The summed E-state index contributed by atoms with van der Waals surface area (Å²) >= 11 is 0. The van der Waals surface area contributed by atoms with Crippen molar-refractivity contribution in [3.05, 3.63) is 35.4 Å². The lowest BCUT2D eigenvalue weighted by atomic mass is 10.0. The molecule has 0 radical (unpaired) electrons. The molecule has 1 aromatic rings. The second-order valence-corrected chi connectivity index (χ2v) is 5.19. The second-order valence-electron chi connectivity index (χ2n) is 5.19. The Morgan fingerprint density at radius 1 is 1.32 bits per heavy atom. The Hall–Kier alpha value is -1.39. The molecule has 4 nitrogen and oxygen atoms in total. The van der Waals surface area contributed by atoms with Crippen LogP contribution in [-0.4, -0.2) is 30.2 Å². The van der Waals surface area contributed by atoms with E-state index in [2.05, 4.69) is 5.32 Å². The number of hydrogen-bond acceptors (Lipinski definition) is 3. The first-order valence-electron chi connectivity index (χ1n) is 6.95. The van der Waals surface area contributed by atoms with Gasteiger partial charge in [0.1, 0.15) is 0 Å². The van der Waals surface area contributed by atoms with Crippen LogP contribution in [0.5, 0.6) is 0 Å². The molecule has 0 bridgehead atoms. The van der Waals surface area contributed by atoms with Crippen molar-refractivity contribution in [2.75, 3.05) is 13.2 Å². The first kappa shape index (κ1) is 14.0. The van der Waals surface area contributed by atoms with Crippen molar-refractivity contribution in [3.8, 4) is 0 Å². The van der Waals surface area contributed by atoms with Crippen LogP contribution in [0.2, 0.25) is 0 Å². The zero-order valence-electron chi connectivity index (χ0n) is 11.1. The molecule has 0 spiro atoms. The number of nitrogens with one attached hydrogen (secondary N) is 1. The fraction of sp³-hybridized carbons (Fsp3) is 0.533. The lowest BCUT2D eigenvalue weighted by Crippen LogP contribution is -2.38. The number of benzene rings is 1. The molecule has 2 unspecified atom stereocenters. The predicted molar refractivity (Wildman–Crippen MR) is 74.9 cm³/mol. The number of nitrogens with two attached hydrogens (primary N) is 1. The van der Waals surface area contributed by atoms with E-state index in [1.165, 1.54) is 0 Å². The van der Waals surface area contributed by atoms with Crippen LogP contribution >= 0.6 is 0 Å². The van der Waals surface area contributed by atoms with Gasteiger partial charge in [-0.25, -0.2) is 0 Å². The Bertz CT molecular complexity index is 417. The number of aliphatic hydroxyl groups is 1. The number of amides is 1. The van der Waals surface area contributed by atoms with Crippen LogP contribution < -0.4 is 11.1 Å². The summed E-state index contributed by atoms with van der Waals surface area (Å²) in [5, 5.41) is 12.3. The van der Waals surface area contributed by atoms with Crippen LogP contribution in [0, 0.1) is 5.92 Å². The minimum Gasteiger partial charge on any atom is -0.396 e. The summed E-state index contributed by atoms with van der Waals surface area (Å²) in [4.78, 5) is 12.1. The Morgan fingerprint density at radius 2 is 2.05 bits per heavy atom. The van der Waals surface area contributed by atoms with Crippen molar-refractivity contribution in [2.24, 2.45) is 11.7 Å². The van der Waals surface area contributed by atoms with Crippen LogP contribution in [0.1, 0.15) is 35.2 Å². The molecule has 1 amide bonds. The zero-order chi connectivity index (χ0) is 13.7. The third-order valence-corrected chi connectivity index (χ3v) is 3.86. The van der Waals surface area contributed by atoms with Gasteiger partial charge in [0.05, 0.1) is 0 Å². The highest BCUT2D eigenvalue weighted by molar-refractivity contribution is 5.94. The van der Waals surface area contributed by atoms with Gasteiger partial charge in [0.2, 0.25) is 0 Å². The van der Waals surface area contributed by atoms with Gasteiger partial charge in [0.25, 0.3) is 5.91 Å². The third kappa shape index (κ3) is 3.55. The largest absolute Gasteiger partial charge is 0.396 e. The van der Waals surface area contributed by atoms with Gasteiger partial charge in [-0.2, -0.15) is 0 Å². The van der Waals surface area contributed by atoms with Crippen molar-refractivity contribution in [2.45, 2.75) is 31.7 Å². The van der Waals surface area contributed by atoms with E-state index in [1.807, 2.05) is 24.3 Å². The van der Waals surface area contributed by atoms with E-state index in [9.17, 15) is 9.90 Å². The van der Waals surface area contributed by atoms with Crippen molar-refractivity contribution in [3.63, 3.8) is 0 Å². The molecule has 0 aliphatic heterocycles. The first-order valence-corrected chi connectivity index (χ1v) is 6.95. The lowest BCUT2D eigenvalue weighted by molar-refractivity contribution is 0.0916. The SMILES string of the molecule is NCCc1ccc(C(=O)NC2CCCC2CO)cc1. The summed E-state index contributed by atoms with van der Waals surface area (Å²) in [6.45, 7) is 0.770. The van der Waals surface area contributed by atoms with E-state index in [0.717, 1.165) is 31.2 Å². The fourth-order valence-corrected chi connectivity index (χ4v) is 2.69. The minimum atomic E-state index is -0.0513. The first-order chi connectivity index (χ1) is 9.24. The fourth-order valence-electron chi connectivity index (χ4n) is 2.69. The van der Waals surface area contributed by atoms with E-state index in [4.69, 9.17) is 5.73 Å². The smallest absolute Gasteiger partial charge is 0.251 e. The van der Waals surface area contributed by atoms with Crippen molar-refractivity contribution < 1.29 is 9.90 Å². The molecule has 104 valence electrons. The Labute approximate surface area is 114 Å². The van der Waals surface area contributed by atoms with Crippen LogP contribution in [0.15, 0.2) is 24.3 Å². The summed E-state index contributed by atoms with van der Waals surface area (Å²) < 4.78 is 0. The van der Waals surface area contributed by atoms with E-state index >= 15 is 0 Å². The van der Waals surface area contributed by atoms with E-state index in [1.54, 1.807) is 0 Å². The number of rotatable bonds is 5. The standard InChI is InChI=1S/C15H22N2O2/c16-9-8-11-4-6-12(7-5-11)15(19)17-14-3-1-2-13(14)10-18/h4-7,13-14,18H,1-3,8-10,16H2,(H,17,19). The van der Waals surface area contributed by atoms with Crippen LogP contribution in [0.25, 0.3) is 0 Å². The number of aliphatic hydroxyl groups excluding tert-OH is 1. The van der Waals surface area contributed by atoms with Crippen molar-refractivity contribution in [1.29, 1.82) is 0 Å². The Kier molecular flexibility index (Phi) is 4.93. The van der Waals surface area contributed by atoms with Crippen LogP contribution in [-0.2, 0) is 6.42 Å². The molecule has 19 heavy (non-hydrogen) atoms. The summed E-state index contributed by atoms with van der Waals surface area (Å²) in [6, 6.07) is 7.67. The quantitative estimate of drug-likeness (QED) is 0.743. The second kappa shape index (κ2) is 6.68. The Balaban J connectivity index is 1.95. The van der Waals surface area contributed by atoms with Gasteiger partial charge in [-0.05, 0) is 43.5 Å². The maximum absolute atomic E-state index is 12.1. The molecule has 0 saturated heterocycles. The Morgan fingerprint density at radius 3 is 2.68 bits per heavy atom. The molecule has 4 N–H and O–H groups in total. The zero-order valence-corrected chi connectivity index (χ0v) is 11.1. The summed E-state index contributed by atoms with van der Waals surface area (Å²) in [5.74, 6) is 0.158. The molecule has 1 fully saturated rings. The lowest BCUT2D eigenvalue weighted by Gasteiger charge is -2.19. The topological polar surface area (TPSA) is 75.4 Å². The average Bonchev–Trinajstić information content (AvgIpc) is 2.87.